The standard InChI is InChI=1S/C14H13ClO2/c1-17-13-4-2-3-11(9-13)14(16)10-5-7-12(15)8-6-10/h4-9H,2-3H2,1H3. The van der Waals surface area contributed by atoms with Crippen LogP contribution in [0.3, 0.4) is 0 Å². The van der Waals surface area contributed by atoms with Gasteiger partial charge in [-0.3, -0.25) is 4.79 Å². The lowest BCUT2D eigenvalue weighted by Crippen LogP contribution is -2.06. The Morgan fingerprint density at radius 2 is 2.00 bits per heavy atom. The third-order valence-corrected chi connectivity index (χ3v) is 2.96. The molecule has 0 saturated carbocycles. The topological polar surface area (TPSA) is 26.3 Å². The van der Waals surface area contributed by atoms with Crippen LogP contribution in [-0.4, -0.2) is 12.9 Å². The van der Waals surface area contributed by atoms with Crippen molar-refractivity contribution in [2.24, 2.45) is 0 Å². The average molecular weight is 249 g/mol. The van der Waals surface area contributed by atoms with Crippen LogP contribution in [0.15, 0.2) is 47.7 Å². The number of carbonyl (C=O) groups excluding carboxylic acids is 1. The maximum atomic E-state index is 12.2. The van der Waals surface area contributed by atoms with Crippen LogP contribution in [0.4, 0.5) is 0 Å². The van der Waals surface area contributed by atoms with E-state index in [1.165, 1.54) is 0 Å². The molecule has 0 aromatic heterocycles. The van der Waals surface area contributed by atoms with Gasteiger partial charge in [0.15, 0.2) is 5.78 Å². The van der Waals surface area contributed by atoms with E-state index < -0.39 is 0 Å². The Labute approximate surface area is 106 Å². The highest BCUT2D eigenvalue weighted by Crippen LogP contribution is 2.22. The van der Waals surface area contributed by atoms with Crippen molar-refractivity contribution in [2.75, 3.05) is 7.11 Å². The summed E-state index contributed by atoms with van der Waals surface area (Å²) in [6, 6.07) is 6.95. The molecular weight excluding hydrogens is 236 g/mol. The van der Waals surface area contributed by atoms with Crippen LogP contribution in [0, 0.1) is 0 Å². The molecular formula is C14H13ClO2. The van der Waals surface area contributed by atoms with E-state index in [2.05, 4.69) is 0 Å². The average Bonchev–Trinajstić information content (AvgIpc) is 2.39. The lowest BCUT2D eigenvalue weighted by Gasteiger charge is -2.12. The first-order valence-electron chi connectivity index (χ1n) is 5.45. The second kappa shape index (κ2) is 5.19. The van der Waals surface area contributed by atoms with Gasteiger partial charge in [-0.05, 0) is 49.3 Å². The van der Waals surface area contributed by atoms with E-state index in [0.29, 0.717) is 10.6 Å². The van der Waals surface area contributed by atoms with Gasteiger partial charge in [0.25, 0.3) is 0 Å². The number of ketones is 1. The summed E-state index contributed by atoms with van der Waals surface area (Å²) < 4.78 is 5.14. The zero-order valence-electron chi connectivity index (χ0n) is 9.57. The molecule has 0 amide bonds. The maximum absolute atomic E-state index is 12.2. The van der Waals surface area contributed by atoms with Crippen molar-refractivity contribution in [1.29, 1.82) is 0 Å². The molecule has 1 aromatic rings. The predicted molar refractivity (Wildman–Crippen MR) is 68.2 cm³/mol. The molecule has 2 nitrogen and oxygen atoms in total. The summed E-state index contributed by atoms with van der Waals surface area (Å²) in [6.07, 6.45) is 5.39. The summed E-state index contributed by atoms with van der Waals surface area (Å²) in [7, 11) is 1.61. The molecule has 0 fully saturated rings. The Kier molecular flexibility index (Phi) is 3.64. The van der Waals surface area contributed by atoms with Crippen molar-refractivity contribution in [3.63, 3.8) is 0 Å². The second-order valence-corrected chi connectivity index (χ2v) is 4.29. The number of ether oxygens (including phenoxy) is 1. The Morgan fingerprint density at radius 3 is 2.65 bits per heavy atom. The molecule has 3 heteroatoms. The number of methoxy groups -OCH3 is 1. The van der Waals surface area contributed by atoms with Gasteiger partial charge in [-0.1, -0.05) is 11.6 Å². The SMILES string of the molecule is COC1=CCCC(C(=O)c2ccc(Cl)cc2)=C1. The first-order chi connectivity index (χ1) is 8.20. The van der Waals surface area contributed by atoms with Crippen molar-refractivity contribution in [3.05, 3.63) is 58.3 Å². The minimum absolute atomic E-state index is 0.0457. The molecule has 2 rings (SSSR count). The summed E-state index contributed by atoms with van der Waals surface area (Å²) >= 11 is 5.79. The van der Waals surface area contributed by atoms with Gasteiger partial charge < -0.3 is 4.74 Å². The maximum Gasteiger partial charge on any atom is 0.189 e. The first-order valence-corrected chi connectivity index (χ1v) is 5.83. The van der Waals surface area contributed by atoms with Crippen LogP contribution in [0.25, 0.3) is 0 Å². The van der Waals surface area contributed by atoms with Crippen molar-refractivity contribution < 1.29 is 9.53 Å². The number of hydrogen-bond donors (Lipinski definition) is 0. The van der Waals surface area contributed by atoms with Crippen molar-refractivity contribution >= 4 is 17.4 Å². The zero-order valence-corrected chi connectivity index (χ0v) is 10.3. The molecule has 1 aromatic carbocycles. The Balaban J connectivity index is 2.23. The molecule has 0 radical (unpaired) electrons. The first kappa shape index (κ1) is 11.9. The van der Waals surface area contributed by atoms with E-state index in [4.69, 9.17) is 16.3 Å². The van der Waals surface area contributed by atoms with Gasteiger partial charge in [-0.15, -0.1) is 0 Å². The van der Waals surface area contributed by atoms with Crippen LogP contribution in [-0.2, 0) is 4.74 Å². The zero-order chi connectivity index (χ0) is 12.3. The van der Waals surface area contributed by atoms with Gasteiger partial charge in [0.1, 0.15) is 5.76 Å². The Hall–Kier alpha value is -1.54. The second-order valence-electron chi connectivity index (χ2n) is 3.85. The quantitative estimate of drug-likeness (QED) is 0.761. The number of rotatable bonds is 3. The minimum atomic E-state index is 0.0457. The number of benzene rings is 1. The van der Waals surface area contributed by atoms with Crippen molar-refractivity contribution in [3.8, 4) is 0 Å². The number of allylic oxidation sites excluding steroid dienone is 3. The molecule has 0 unspecified atom stereocenters. The third-order valence-electron chi connectivity index (χ3n) is 2.71. The van der Waals surface area contributed by atoms with Crippen molar-refractivity contribution in [1.82, 2.24) is 0 Å². The number of carbonyl (C=O) groups is 1. The van der Waals surface area contributed by atoms with Gasteiger partial charge in [-0.25, -0.2) is 0 Å². The van der Waals surface area contributed by atoms with Crippen molar-refractivity contribution in [2.45, 2.75) is 12.8 Å². The monoisotopic (exact) mass is 248 g/mol. The fraction of sp³-hybridized carbons (Fsp3) is 0.214. The van der Waals surface area contributed by atoms with Gasteiger partial charge in [-0.2, -0.15) is 0 Å². The fourth-order valence-electron chi connectivity index (χ4n) is 1.78. The fourth-order valence-corrected chi connectivity index (χ4v) is 1.91. The summed E-state index contributed by atoms with van der Waals surface area (Å²) in [6.45, 7) is 0. The Bertz CT molecular complexity index is 483. The summed E-state index contributed by atoms with van der Waals surface area (Å²) in [5.41, 5.74) is 1.45. The van der Waals surface area contributed by atoms with E-state index in [9.17, 15) is 4.79 Å². The van der Waals surface area contributed by atoms with E-state index in [1.807, 2.05) is 6.08 Å². The van der Waals surface area contributed by atoms with E-state index >= 15 is 0 Å². The van der Waals surface area contributed by atoms with Gasteiger partial charge in [0.05, 0.1) is 7.11 Å². The van der Waals surface area contributed by atoms with Crippen LogP contribution in [0.2, 0.25) is 5.02 Å². The predicted octanol–water partition coefficient (Wildman–Crippen LogP) is 3.77. The number of Topliss-reactive ketones (excluding diaryl/α,β-unsaturated/α-hetero) is 1. The van der Waals surface area contributed by atoms with Crippen LogP contribution < -0.4 is 0 Å². The number of hydrogen-bond acceptors (Lipinski definition) is 2. The third kappa shape index (κ3) is 2.77. The molecule has 0 aliphatic heterocycles. The molecule has 1 aliphatic rings. The van der Waals surface area contributed by atoms with Crippen LogP contribution >= 0.6 is 11.6 Å². The Morgan fingerprint density at radius 1 is 1.29 bits per heavy atom. The molecule has 0 heterocycles. The van der Waals surface area contributed by atoms with Crippen LogP contribution in [0.1, 0.15) is 23.2 Å². The molecule has 0 spiro atoms. The largest absolute Gasteiger partial charge is 0.497 e. The highest BCUT2D eigenvalue weighted by molar-refractivity contribution is 6.30. The normalized spacial score (nSPS) is 14.9. The van der Waals surface area contributed by atoms with Gasteiger partial charge >= 0.3 is 0 Å². The lowest BCUT2D eigenvalue weighted by atomic mass is 9.96. The highest BCUT2D eigenvalue weighted by atomic mass is 35.5. The van der Waals surface area contributed by atoms with Gasteiger partial charge in [0, 0.05) is 16.2 Å². The molecule has 0 bridgehead atoms. The lowest BCUT2D eigenvalue weighted by molar-refractivity contribution is 0.102. The molecule has 0 N–H and O–H groups in total. The van der Waals surface area contributed by atoms with Crippen LogP contribution in [0.5, 0.6) is 0 Å². The molecule has 0 atom stereocenters. The molecule has 88 valence electrons. The van der Waals surface area contributed by atoms with E-state index in [1.54, 1.807) is 37.5 Å². The number of halogens is 1. The van der Waals surface area contributed by atoms with E-state index in [-0.39, 0.29) is 5.78 Å². The van der Waals surface area contributed by atoms with Gasteiger partial charge in [0.2, 0.25) is 0 Å². The molecule has 1 aliphatic carbocycles. The summed E-state index contributed by atoms with van der Waals surface area (Å²) in [4.78, 5) is 12.2. The van der Waals surface area contributed by atoms with E-state index in [0.717, 1.165) is 24.2 Å². The highest BCUT2D eigenvalue weighted by Gasteiger charge is 2.15. The minimum Gasteiger partial charge on any atom is -0.497 e. The summed E-state index contributed by atoms with van der Waals surface area (Å²) in [5, 5.41) is 0.636. The smallest absolute Gasteiger partial charge is 0.189 e. The molecule has 0 saturated heterocycles. The summed E-state index contributed by atoms with van der Waals surface area (Å²) in [5.74, 6) is 0.804. The molecule has 17 heavy (non-hydrogen) atoms.